The smallest absolute Gasteiger partial charge is 0.406 e. The minimum absolute atomic E-state index is 0.0161. The summed E-state index contributed by atoms with van der Waals surface area (Å²) in [5, 5.41) is 19.4. The molecule has 0 radical (unpaired) electrons. The van der Waals surface area contributed by atoms with E-state index in [0.717, 1.165) is 18.2 Å². The van der Waals surface area contributed by atoms with Crippen LogP contribution >= 0.6 is 11.6 Å². The first-order valence-corrected chi connectivity index (χ1v) is 9.92. The van der Waals surface area contributed by atoms with Crippen molar-refractivity contribution < 1.29 is 22.7 Å². The molecule has 0 spiro atoms. The highest BCUT2D eigenvalue weighted by Gasteiger charge is 2.39. The van der Waals surface area contributed by atoms with E-state index in [1.54, 1.807) is 18.2 Å². The van der Waals surface area contributed by atoms with Gasteiger partial charge in [-0.25, -0.2) is 0 Å². The number of ether oxygens (including phenoxy) is 1. The van der Waals surface area contributed by atoms with Gasteiger partial charge in [0.05, 0.1) is 12.6 Å². The largest absolute Gasteiger partial charge is 0.573 e. The normalized spacial score (nSPS) is 13.7. The first-order valence-electron chi connectivity index (χ1n) is 9.54. The van der Waals surface area contributed by atoms with Crippen LogP contribution in [0.4, 0.5) is 13.2 Å². The number of amides is 1. The lowest BCUT2D eigenvalue weighted by Crippen LogP contribution is -2.35. The Morgan fingerprint density at radius 2 is 1.91 bits per heavy atom. The van der Waals surface area contributed by atoms with Gasteiger partial charge in [0.15, 0.2) is 0 Å². The Morgan fingerprint density at radius 3 is 2.50 bits per heavy atom. The minimum atomic E-state index is -4.95. The average Bonchev–Trinajstić information content (AvgIpc) is 3.06. The molecular formula is C21H19ClF3N5O2. The van der Waals surface area contributed by atoms with Crippen LogP contribution in [0.5, 0.6) is 5.75 Å². The van der Waals surface area contributed by atoms with Crippen molar-refractivity contribution in [3.63, 3.8) is 0 Å². The summed E-state index contributed by atoms with van der Waals surface area (Å²) in [4.78, 5) is 13.4. The molecule has 0 saturated carbocycles. The number of fused-ring (bicyclic) bond motifs is 1. The monoisotopic (exact) mass is 465 g/mol. The van der Waals surface area contributed by atoms with E-state index in [2.05, 4.69) is 21.0 Å². The number of nitriles is 1. The predicted octanol–water partition coefficient (Wildman–Crippen LogP) is 4.59. The highest BCUT2D eigenvalue weighted by Crippen LogP contribution is 2.38. The molecule has 0 fully saturated rings. The fourth-order valence-corrected chi connectivity index (χ4v) is 3.84. The molecule has 32 heavy (non-hydrogen) atoms. The highest BCUT2D eigenvalue weighted by atomic mass is 35.5. The van der Waals surface area contributed by atoms with Crippen LogP contribution in [-0.2, 0) is 12.0 Å². The van der Waals surface area contributed by atoms with Crippen molar-refractivity contribution in [2.24, 2.45) is 11.7 Å². The molecule has 168 valence electrons. The maximum Gasteiger partial charge on any atom is 0.573 e. The van der Waals surface area contributed by atoms with Crippen molar-refractivity contribution in [3.8, 4) is 11.8 Å². The number of alkyl halides is 3. The van der Waals surface area contributed by atoms with Crippen LogP contribution in [0.25, 0.3) is 11.0 Å². The molecule has 0 aliphatic carbocycles. The van der Waals surface area contributed by atoms with Gasteiger partial charge in [-0.2, -0.15) is 20.3 Å². The van der Waals surface area contributed by atoms with E-state index in [9.17, 15) is 23.2 Å². The van der Waals surface area contributed by atoms with E-state index >= 15 is 0 Å². The Bertz CT molecular complexity index is 1200. The molecule has 2 N–H and O–H groups in total. The Hall–Kier alpha value is -3.32. The molecule has 0 saturated heterocycles. The topological polar surface area (TPSA) is 107 Å². The van der Waals surface area contributed by atoms with Crippen molar-refractivity contribution in [2.75, 3.05) is 0 Å². The Morgan fingerprint density at radius 1 is 1.22 bits per heavy atom. The van der Waals surface area contributed by atoms with E-state index in [1.807, 2.05) is 13.8 Å². The molecular weight excluding hydrogens is 447 g/mol. The Labute approximate surface area is 186 Å². The molecule has 3 rings (SSSR count). The third-order valence-electron chi connectivity index (χ3n) is 4.77. The number of primary amides is 1. The number of nitrogens with zero attached hydrogens (tertiary/aromatic N) is 4. The van der Waals surface area contributed by atoms with Gasteiger partial charge in [-0.1, -0.05) is 25.4 Å². The summed E-state index contributed by atoms with van der Waals surface area (Å²) < 4.78 is 42.4. The van der Waals surface area contributed by atoms with Gasteiger partial charge in [-0.15, -0.1) is 13.2 Å². The second kappa shape index (κ2) is 8.67. The van der Waals surface area contributed by atoms with Crippen LogP contribution in [0.1, 0.15) is 36.2 Å². The summed E-state index contributed by atoms with van der Waals surface area (Å²) in [6, 6.07) is 10.2. The Kier molecular flexibility index (Phi) is 6.32. The lowest BCUT2D eigenvalue weighted by molar-refractivity contribution is -0.274. The molecule has 11 heteroatoms. The lowest BCUT2D eigenvalue weighted by Gasteiger charge is -2.30. The van der Waals surface area contributed by atoms with Gasteiger partial charge >= 0.3 is 6.36 Å². The summed E-state index contributed by atoms with van der Waals surface area (Å²) in [7, 11) is 0. The van der Waals surface area contributed by atoms with Gasteiger partial charge in [0.2, 0.25) is 5.91 Å². The maximum absolute atomic E-state index is 12.8. The van der Waals surface area contributed by atoms with Crippen molar-refractivity contribution in [2.45, 2.75) is 38.6 Å². The van der Waals surface area contributed by atoms with Crippen molar-refractivity contribution in [1.29, 1.82) is 5.26 Å². The first-order chi connectivity index (χ1) is 14.9. The maximum atomic E-state index is 12.8. The zero-order chi connectivity index (χ0) is 23.7. The molecule has 0 aliphatic heterocycles. The summed E-state index contributed by atoms with van der Waals surface area (Å²) >= 11 is 5.99. The molecule has 3 aromatic rings. The second-order valence-electron chi connectivity index (χ2n) is 7.77. The highest BCUT2D eigenvalue weighted by molar-refractivity contribution is 6.31. The van der Waals surface area contributed by atoms with Crippen LogP contribution in [0.15, 0.2) is 36.4 Å². The molecule has 0 aliphatic rings. The number of carbonyl (C=O) groups excluding carboxylic acids is 1. The van der Waals surface area contributed by atoms with Crippen LogP contribution in [0.3, 0.4) is 0 Å². The molecule has 2 aromatic carbocycles. The number of carbonyl (C=O) groups is 1. The van der Waals surface area contributed by atoms with E-state index < -0.39 is 23.4 Å². The molecule has 0 bridgehead atoms. The van der Waals surface area contributed by atoms with Gasteiger partial charge in [-0.3, -0.25) is 4.79 Å². The van der Waals surface area contributed by atoms with Gasteiger partial charge < -0.3 is 10.5 Å². The molecule has 1 heterocycles. The van der Waals surface area contributed by atoms with Gasteiger partial charge in [0.25, 0.3) is 0 Å². The number of halogens is 4. The third kappa shape index (κ3) is 5.11. The van der Waals surface area contributed by atoms with Crippen LogP contribution in [0, 0.1) is 17.2 Å². The van der Waals surface area contributed by atoms with Crippen LogP contribution in [0.2, 0.25) is 5.02 Å². The summed E-state index contributed by atoms with van der Waals surface area (Å²) in [6.07, 6.45) is -4.75. The zero-order valence-electron chi connectivity index (χ0n) is 17.2. The molecule has 1 atom stereocenters. The Balaban J connectivity index is 2.17. The number of hydrogen-bond acceptors (Lipinski definition) is 5. The fourth-order valence-electron chi connectivity index (χ4n) is 3.67. The number of benzene rings is 2. The van der Waals surface area contributed by atoms with E-state index in [-0.39, 0.29) is 30.0 Å². The minimum Gasteiger partial charge on any atom is -0.406 e. The van der Waals surface area contributed by atoms with E-state index in [4.69, 9.17) is 17.3 Å². The summed E-state index contributed by atoms with van der Waals surface area (Å²) in [6.45, 7) is 3.56. The molecule has 7 nitrogen and oxygen atoms in total. The number of nitrogens with two attached hydrogens (primary N) is 1. The SMILES string of the molecule is CC(C)CC(C#N)(Cn1nc2ccc(Cl)cc2n1)c1cc(OC(F)(F)F)ccc1C(N)=O. The molecule has 1 amide bonds. The predicted molar refractivity (Wildman–Crippen MR) is 111 cm³/mol. The number of rotatable bonds is 7. The van der Waals surface area contributed by atoms with E-state index in [1.165, 1.54) is 4.80 Å². The summed E-state index contributed by atoms with van der Waals surface area (Å²) in [5.74, 6) is -1.51. The third-order valence-corrected chi connectivity index (χ3v) is 5.01. The molecule has 1 unspecified atom stereocenters. The lowest BCUT2D eigenvalue weighted by atomic mass is 9.73. The van der Waals surface area contributed by atoms with Gasteiger partial charge in [-0.05, 0) is 54.3 Å². The average molecular weight is 466 g/mol. The van der Waals surface area contributed by atoms with E-state index in [0.29, 0.717) is 16.1 Å². The second-order valence-corrected chi connectivity index (χ2v) is 8.21. The summed E-state index contributed by atoms with van der Waals surface area (Å²) in [5.41, 5.74) is 4.95. The molecule has 1 aromatic heterocycles. The van der Waals surface area contributed by atoms with Crippen LogP contribution in [-0.4, -0.2) is 27.3 Å². The standard InChI is InChI=1S/C21H19ClF3N5O2/c1-12(2)9-20(10-26,11-30-28-17-6-3-13(22)7-18(17)29-30)16-8-14(32-21(23,24)25)4-5-15(16)19(27)31/h3-8,12H,9,11H2,1-2H3,(H2,27,31). The first kappa shape index (κ1) is 23.3. The fraction of sp³-hybridized carbons (Fsp3) is 0.333. The number of hydrogen-bond donors (Lipinski definition) is 1. The zero-order valence-corrected chi connectivity index (χ0v) is 17.9. The quantitative estimate of drug-likeness (QED) is 0.549. The van der Waals surface area contributed by atoms with Gasteiger partial charge in [0.1, 0.15) is 22.2 Å². The van der Waals surface area contributed by atoms with Crippen LogP contribution < -0.4 is 10.5 Å². The van der Waals surface area contributed by atoms with Crippen molar-refractivity contribution >= 4 is 28.5 Å². The van der Waals surface area contributed by atoms with Crippen molar-refractivity contribution in [1.82, 2.24) is 15.0 Å². The van der Waals surface area contributed by atoms with Gasteiger partial charge in [0, 0.05) is 10.6 Å². The van der Waals surface area contributed by atoms with Crippen molar-refractivity contribution in [3.05, 3.63) is 52.5 Å². The number of aromatic nitrogens is 3.